The van der Waals surface area contributed by atoms with Gasteiger partial charge in [-0.25, -0.2) is 12.8 Å². The number of hydrogen-bond acceptors (Lipinski definition) is 3. The highest BCUT2D eigenvalue weighted by Gasteiger charge is 2.27. The zero-order chi connectivity index (χ0) is 14.8. The molecule has 0 heterocycles. The second-order valence-electron chi connectivity index (χ2n) is 5.27. The van der Waals surface area contributed by atoms with Crippen molar-refractivity contribution in [2.45, 2.75) is 36.6 Å². The van der Waals surface area contributed by atoms with Crippen LogP contribution in [-0.2, 0) is 9.84 Å². The first kappa shape index (κ1) is 15.7. The van der Waals surface area contributed by atoms with Gasteiger partial charge in [-0.3, -0.25) is 0 Å². The molecular weight excluding hydrogens is 301 g/mol. The summed E-state index contributed by atoms with van der Waals surface area (Å²) < 4.78 is 37.6. The summed E-state index contributed by atoms with van der Waals surface area (Å²) in [4.78, 5) is 0.0999. The standard InChI is InChI=1S/C14H19ClFNO2S/c1-17-14-4-2-3-10(14)7-8-20(18,19)11-5-6-13(16)12(15)9-11/h5-6,9-10,14,17H,2-4,7-8H2,1H3. The maximum absolute atomic E-state index is 13.1. The number of sulfone groups is 1. The summed E-state index contributed by atoms with van der Waals surface area (Å²) >= 11 is 5.64. The molecule has 0 radical (unpaired) electrons. The summed E-state index contributed by atoms with van der Waals surface area (Å²) in [6, 6.07) is 3.97. The number of hydrogen-bond donors (Lipinski definition) is 1. The van der Waals surface area contributed by atoms with E-state index in [1.54, 1.807) is 0 Å². The highest BCUT2D eigenvalue weighted by molar-refractivity contribution is 7.91. The van der Waals surface area contributed by atoms with E-state index in [0.29, 0.717) is 18.4 Å². The van der Waals surface area contributed by atoms with Gasteiger partial charge in [0, 0.05) is 6.04 Å². The van der Waals surface area contributed by atoms with Crippen molar-refractivity contribution in [3.63, 3.8) is 0 Å². The third-order valence-electron chi connectivity index (χ3n) is 4.04. The maximum atomic E-state index is 13.1. The first-order valence-electron chi connectivity index (χ1n) is 6.79. The summed E-state index contributed by atoms with van der Waals surface area (Å²) in [7, 11) is -1.48. The van der Waals surface area contributed by atoms with Crippen molar-refractivity contribution >= 4 is 21.4 Å². The van der Waals surface area contributed by atoms with Gasteiger partial charge in [0.15, 0.2) is 9.84 Å². The van der Waals surface area contributed by atoms with Gasteiger partial charge in [0.2, 0.25) is 0 Å². The van der Waals surface area contributed by atoms with Crippen molar-refractivity contribution in [2.75, 3.05) is 12.8 Å². The second-order valence-corrected chi connectivity index (χ2v) is 7.79. The van der Waals surface area contributed by atoms with Gasteiger partial charge in [0.25, 0.3) is 0 Å². The first-order valence-corrected chi connectivity index (χ1v) is 8.82. The molecule has 112 valence electrons. The monoisotopic (exact) mass is 319 g/mol. The molecule has 0 aromatic heterocycles. The Kier molecular flexibility index (Phi) is 5.04. The minimum Gasteiger partial charge on any atom is -0.317 e. The lowest BCUT2D eigenvalue weighted by Crippen LogP contribution is -2.30. The maximum Gasteiger partial charge on any atom is 0.178 e. The Morgan fingerprint density at radius 2 is 2.15 bits per heavy atom. The van der Waals surface area contributed by atoms with Crippen molar-refractivity contribution in [1.82, 2.24) is 5.32 Å². The molecule has 6 heteroatoms. The van der Waals surface area contributed by atoms with Crippen LogP contribution < -0.4 is 5.32 Å². The molecule has 3 nitrogen and oxygen atoms in total. The van der Waals surface area contributed by atoms with Crippen LogP contribution in [0.25, 0.3) is 0 Å². The van der Waals surface area contributed by atoms with E-state index in [-0.39, 0.29) is 15.7 Å². The molecule has 1 aromatic carbocycles. The fraction of sp³-hybridized carbons (Fsp3) is 0.571. The van der Waals surface area contributed by atoms with Crippen LogP contribution in [0.1, 0.15) is 25.7 Å². The molecular formula is C14H19ClFNO2S. The van der Waals surface area contributed by atoms with Gasteiger partial charge >= 0.3 is 0 Å². The normalized spacial score (nSPS) is 23.1. The van der Waals surface area contributed by atoms with Gasteiger partial charge in [-0.2, -0.15) is 0 Å². The van der Waals surface area contributed by atoms with Gasteiger partial charge in [-0.1, -0.05) is 18.0 Å². The van der Waals surface area contributed by atoms with Gasteiger partial charge in [0.1, 0.15) is 5.82 Å². The summed E-state index contributed by atoms with van der Waals surface area (Å²) in [6.45, 7) is 0. The van der Waals surface area contributed by atoms with Gasteiger partial charge in [-0.15, -0.1) is 0 Å². The largest absolute Gasteiger partial charge is 0.317 e. The Morgan fingerprint density at radius 3 is 2.80 bits per heavy atom. The molecule has 1 saturated carbocycles. The van der Waals surface area contributed by atoms with Crippen molar-refractivity contribution in [3.8, 4) is 0 Å². The van der Waals surface area contributed by atoms with Gasteiger partial charge < -0.3 is 5.32 Å². The van der Waals surface area contributed by atoms with Crippen LogP contribution in [0.4, 0.5) is 4.39 Å². The third kappa shape index (κ3) is 3.51. The molecule has 0 bridgehead atoms. The minimum absolute atomic E-state index is 0.0812. The fourth-order valence-electron chi connectivity index (χ4n) is 2.86. The summed E-state index contributed by atoms with van der Waals surface area (Å²) in [6.07, 6.45) is 3.93. The molecule has 2 unspecified atom stereocenters. The summed E-state index contributed by atoms with van der Waals surface area (Å²) in [5.41, 5.74) is 0. The Bertz CT molecular complexity index is 577. The number of nitrogens with one attached hydrogen (secondary N) is 1. The van der Waals surface area contributed by atoms with Crippen LogP contribution in [0, 0.1) is 11.7 Å². The average Bonchev–Trinajstić information content (AvgIpc) is 2.87. The second kappa shape index (κ2) is 6.41. The molecule has 0 saturated heterocycles. The highest BCUT2D eigenvalue weighted by Crippen LogP contribution is 2.29. The van der Waals surface area contributed by atoms with E-state index in [0.717, 1.165) is 25.3 Å². The summed E-state index contributed by atoms with van der Waals surface area (Å²) in [5, 5.41) is 3.09. The number of halogens is 2. The Balaban J connectivity index is 2.05. The van der Waals surface area contributed by atoms with E-state index in [2.05, 4.69) is 5.32 Å². The molecule has 1 aliphatic carbocycles. The molecule has 2 rings (SSSR count). The zero-order valence-electron chi connectivity index (χ0n) is 11.4. The molecule has 2 atom stereocenters. The Morgan fingerprint density at radius 1 is 1.40 bits per heavy atom. The topological polar surface area (TPSA) is 46.2 Å². The fourth-order valence-corrected chi connectivity index (χ4v) is 4.52. The van der Waals surface area contributed by atoms with Crippen molar-refractivity contribution in [1.29, 1.82) is 0 Å². The van der Waals surface area contributed by atoms with E-state index in [9.17, 15) is 12.8 Å². The SMILES string of the molecule is CNC1CCCC1CCS(=O)(=O)c1ccc(F)c(Cl)c1. The lowest BCUT2D eigenvalue weighted by Gasteiger charge is -2.18. The molecule has 1 aliphatic rings. The Hall–Kier alpha value is -0.650. The van der Waals surface area contributed by atoms with E-state index in [1.807, 2.05) is 7.05 Å². The molecule has 0 amide bonds. The predicted octanol–water partition coefficient (Wildman–Crippen LogP) is 3.03. The van der Waals surface area contributed by atoms with Crippen LogP contribution in [0.5, 0.6) is 0 Å². The van der Waals surface area contributed by atoms with Crippen LogP contribution >= 0.6 is 11.6 Å². The molecule has 1 N–H and O–H groups in total. The molecule has 1 fully saturated rings. The smallest absolute Gasteiger partial charge is 0.178 e. The predicted molar refractivity (Wildman–Crippen MR) is 78.3 cm³/mol. The van der Waals surface area contributed by atoms with Gasteiger partial charge in [-0.05, 0) is 50.4 Å². The van der Waals surface area contributed by atoms with Crippen LogP contribution in [0.15, 0.2) is 23.1 Å². The molecule has 20 heavy (non-hydrogen) atoms. The van der Waals surface area contributed by atoms with Crippen molar-refractivity contribution < 1.29 is 12.8 Å². The van der Waals surface area contributed by atoms with E-state index < -0.39 is 15.7 Å². The zero-order valence-corrected chi connectivity index (χ0v) is 13.0. The lowest BCUT2D eigenvalue weighted by atomic mass is 10.0. The first-order chi connectivity index (χ1) is 9.44. The minimum atomic E-state index is -3.40. The lowest BCUT2D eigenvalue weighted by molar-refractivity contribution is 0.414. The van der Waals surface area contributed by atoms with Gasteiger partial charge in [0.05, 0.1) is 15.7 Å². The molecule has 0 aliphatic heterocycles. The van der Waals surface area contributed by atoms with Crippen LogP contribution in [0.3, 0.4) is 0 Å². The quantitative estimate of drug-likeness (QED) is 0.849. The van der Waals surface area contributed by atoms with Crippen molar-refractivity contribution in [3.05, 3.63) is 29.0 Å². The van der Waals surface area contributed by atoms with E-state index >= 15 is 0 Å². The number of benzene rings is 1. The number of rotatable bonds is 5. The molecule has 0 spiro atoms. The Labute approximate surface area is 124 Å². The van der Waals surface area contributed by atoms with E-state index in [1.165, 1.54) is 12.1 Å². The van der Waals surface area contributed by atoms with Crippen LogP contribution in [0.2, 0.25) is 5.02 Å². The highest BCUT2D eigenvalue weighted by atomic mass is 35.5. The summed E-state index contributed by atoms with van der Waals surface area (Å²) in [5.74, 6) is -0.125. The molecule has 1 aromatic rings. The average molecular weight is 320 g/mol. The van der Waals surface area contributed by atoms with E-state index in [4.69, 9.17) is 11.6 Å². The third-order valence-corrected chi connectivity index (χ3v) is 6.07. The van der Waals surface area contributed by atoms with Crippen LogP contribution in [-0.4, -0.2) is 27.3 Å². The van der Waals surface area contributed by atoms with Crippen molar-refractivity contribution in [2.24, 2.45) is 5.92 Å².